The van der Waals surface area contributed by atoms with Crippen molar-refractivity contribution in [3.63, 3.8) is 0 Å². The molecule has 0 aliphatic carbocycles. The van der Waals surface area contributed by atoms with Gasteiger partial charge >= 0.3 is 6.18 Å². The first-order chi connectivity index (χ1) is 11.6. The zero-order valence-electron chi connectivity index (χ0n) is 15.0. The molecule has 140 valence electrons. The molecule has 1 heterocycles. The summed E-state index contributed by atoms with van der Waals surface area (Å²) >= 11 is 0. The van der Waals surface area contributed by atoms with E-state index in [-0.39, 0.29) is 5.91 Å². The molecule has 0 radical (unpaired) electrons. The molecule has 1 aliphatic heterocycles. The van der Waals surface area contributed by atoms with Crippen LogP contribution in [0.5, 0.6) is 0 Å². The van der Waals surface area contributed by atoms with E-state index in [1.807, 2.05) is 20.8 Å². The molecule has 2 rings (SSSR count). The summed E-state index contributed by atoms with van der Waals surface area (Å²) in [4.78, 5) is 12.4. The Labute approximate surface area is 147 Å². The molecule has 0 saturated carbocycles. The van der Waals surface area contributed by atoms with E-state index in [0.29, 0.717) is 17.9 Å². The van der Waals surface area contributed by atoms with Crippen molar-refractivity contribution in [3.05, 3.63) is 35.4 Å². The maximum atomic E-state index is 13.0. The minimum atomic E-state index is -4.39. The summed E-state index contributed by atoms with van der Waals surface area (Å²) in [7, 11) is 0. The standard InChI is InChI=1S/C19H27F3N2O/c1-18(2,3)17(14-5-4-6-15(11-14)19(20,21)22)24-16(25)8-7-13-9-10-23-12-13/h4-6,11,13,17,23H,7-10,12H2,1-3H3,(H,24,25). The molecule has 0 aromatic heterocycles. The Morgan fingerprint density at radius 3 is 2.60 bits per heavy atom. The van der Waals surface area contributed by atoms with Gasteiger partial charge in [0.25, 0.3) is 0 Å². The van der Waals surface area contributed by atoms with Crippen molar-refractivity contribution in [1.82, 2.24) is 10.6 Å². The number of carbonyl (C=O) groups is 1. The molecule has 3 nitrogen and oxygen atoms in total. The van der Waals surface area contributed by atoms with E-state index >= 15 is 0 Å². The van der Waals surface area contributed by atoms with E-state index in [1.165, 1.54) is 6.07 Å². The van der Waals surface area contributed by atoms with Crippen molar-refractivity contribution < 1.29 is 18.0 Å². The third-order valence-electron chi connectivity index (χ3n) is 4.66. The molecular formula is C19H27F3N2O. The van der Waals surface area contributed by atoms with Gasteiger partial charge < -0.3 is 10.6 Å². The van der Waals surface area contributed by atoms with E-state index in [9.17, 15) is 18.0 Å². The third-order valence-corrected chi connectivity index (χ3v) is 4.66. The first-order valence-electron chi connectivity index (χ1n) is 8.74. The van der Waals surface area contributed by atoms with E-state index in [0.717, 1.165) is 38.1 Å². The number of benzene rings is 1. The van der Waals surface area contributed by atoms with Gasteiger partial charge in [-0.2, -0.15) is 13.2 Å². The fourth-order valence-electron chi connectivity index (χ4n) is 3.22. The Kier molecular flexibility index (Phi) is 6.14. The molecule has 1 aromatic carbocycles. The van der Waals surface area contributed by atoms with Crippen molar-refractivity contribution >= 4 is 5.91 Å². The van der Waals surface area contributed by atoms with Crippen LogP contribution in [0, 0.1) is 11.3 Å². The molecule has 2 unspecified atom stereocenters. The predicted molar refractivity (Wildman–Crippen MR) is 92.0 cm³/mol. The van der Waals surface area contributed by atoms with Crippen molar-refractivity contribution in [1.29, 1.82) is 0 Å². The average Bonchev–Trinajstić information content (AvgIpc) is 3.02. The van der Waals surface area contributed by atoms with Crippen LogP contribution < -0.4 is 10.6 Å². The van der Waals surface area contributed by atoms with Gasteiger partial charge in [0.15, 0.2) is 0 Å². The molecule has 0 spiro atoms. The number of amides is 1. The number of nitrogens with one attached hydrogen (secondary N) is 2. The smallest absolute Gasteiger partial charge is 0.349 e. The highest BCUT2D eigenvalue weighted by Gasteiger charge is 2.33. The van der Waals surface area contributed by atoms with Gasteiger partial charge in [-0.3, -0.25) is 4.79 Å². The molecule has 1 aromatic rings. The lowest BCUT2D eigenvalue weighted by atomic mass is 9.81. The van der Waals surface area contributed by atoms with Gasteiger partial charge in [-0.05, 0) is 55.0 Å². The Bertz CT molecular complexity index is 587. The minimum absolute atomic E-state index is 0.107. The van der Waals surface area contributed by atoms with Crippen LogP contribution in [-0.2, 0) is 11.0 Å². The Morgan fingerprint density at radius 2 is 2.04 bits per heavy atom. The summed E-state index contributed by atoms with van der Waals surface area (Å²) in [5.74, 6) is 0.400. The Morgan fingerprint density at radius 1 is 1.32 bits per heavy atom. The lowest BCUT2D eigenvalue weighted by Gasteiger charge is -2.32. The maximum absolute atomic E-state index is 13.0. The average molecular weight is 356 g/mol. The van der Waals surface area contributed by atoms with Crippen molar-refractivity contribution in [3.8, 4) is 0 Å². The fourth-order valence-corrected chi connectivity index (χ4v) is 3.22. The minimum Gasteiger partial charge on any atom is -0.349 e. The Balaban J connectivity index is 2.09. The van der Waals surface area contributed by atoms with E-state index < -0.39 is 23.2 Å². The van der Waals surface area contributed by atoms with Crippen molar-refractivity contribution in [2.24, 2.45) is 11.3 Å². The second-order valence-electron chi connectivity index (χ2n) is 7.89. The molecule has 1 fully saturated rings. The number of rotatable bonds is 5. The Hall–Kier alpha value is -1.56. The lowest BCUT2D eigenvalue weighted by molar-refractivity contribution is -0.137. The zero-order chi connectivity index (χ0) is 18.7. The van der Waals surface area contributed by atoms with Crippen LogP contribution in [-0.4, -0.2) is 19.0 Å². The van der Waals surface area contributed by atoms with Gasteiger partial charge in [-0.15, -0.1) is 0 Å². The van der Waals surface area contributed by atoms with Crippen LogP contribution >= 0.6 is 0 Å². The van der Waals surface area contributed by atoms with Crippen LogP contribution in [0.1, 0.15) is 57.2 Å². The van der Waals surface area contributed by atoms with Gasteiger partial charge in [-0.25, -0.2) is 0 Å². The fraction of sp³-hybridized carbons (Fsp3) is 0.632. The highest BCUT2D eigenvalue weighted by atomic mass is 19.4. The quantitative estimate of drug-likeness (QED) is 0.826. The summed E-state index contributed by atoms with van der Waals surface area (Å²) < 4.78 is 39.0. The van der Waals surface area contributed by atoms with Gasteiger partial charge in [0.2, 0.25) is 5.91 Å². The molecular weight excluding hydrogens is 329 g/mol. The molecule has 1 saturated heterocycles. The monoisotopic (exact) mass is 356 g/mol. The predicted octanol–water partition coefficient (Wildman–Crippen LogP) is 4.30. The first kappa shape index (κ1) is 19.8. The molecule has 1 amide bonds. The summed E-state index contributed by atoms with van der Waals surface area (Å²) in [5.41, 5.74) is -0.599. The SMILES string of the molecule is CC(C)(C)C(NC(=O)CCC1CCNC1)c1cccc(C(F)(F)F)c1. The molecule has 25 heavy (non-hydrogen) atoms. The highest BCUT2D eigenvalue weighted by molar-refractivity contribution is 5.76. The highest BCUT2D eigenvalue weighted by Crippen LogP contribution is 2.36. The van der Waals surface area contributed by atoms with Gasteiger partial charge in [0.05, 0.1) is 11.6 Å². The second kappa shape index (κ2) is 7.77. The maximum Gasteiger partial charge on any atom is 0.416 e. The second-order valence-corrected chi connectivity index (χ2v) is 7.89. The summed E-state index contributed by atoms with van der Waals surface area (Å²) in [5, 5.41) is 6.22. The molecule has 1 aliphatic rings. The number of hydrogen-bond acceptors (Lipinski definition) is 2. The number of halogens is 3. The largest absolute Gasteiger partial charge is 0.416 e. The van der Waals surface area contributed by atoms with Crippen molar-refractivity contribution in [2.45, 2.75) is 52.3 Å². The third kappa shape index (κ3) is 5.73. The molecule has 2 N–H and O–H groups in total. The van der Waals surface area contributed by atoms with Crippen LogP contribution in [0.2, 0.25) is 0 Å². The number of carbonyl (C=O) groups excluding carboxylic acids is 1. The lowest BCUT2D eigenvalue weighted by Crippen LogP contribution is -2.37. The first-order valence-corrected chi connectivity index (χ1v) is 8.74. The summed E-state index contributed by atoms with van der Waals surface area (Å²) in [6.07, 6.45) is -2.11. The van der Waals surface area contributed by atoms with Crippen LogP contribution in [0.3, 0.4) is 0 Å². The molecule has 0 bridgehead atoms. The summed E-state index contributed by atoms with van der Waals surface area (Å²) in [6.45, 7) is 7.67. The zero-order valence-corrected chi connectivity index (χ0v) is 15.0. The van der Waals surface area contributed by atoms with Crippen LogP contribution in [0.4, 0.5) is 13.2 Å². The van der Waals surface area contributed by atoms with Crippen molar-refractivity contribution in [2.75, 3.05) is 13.1 Å². The van der Waals surface area contributed by atoms with Crippen LogP contribution in [0.25, 0.3) is 0 Å². The molecule has 2 atom stereocenters. The van der Waals surface area contributed by atoms with E-state index in [1.54, 1.807) is 6.07 Å². The molecule has 6 heteroatoms. The van der Waals surface area contributed by atoms with Gasteiger partial charge in [0, 0.05) is 6.42 Å². The number of hydrogen-bond donors (Lipinski definition) is 2. The van der Waals surface area contributed by atoms with E-state index in [4.69, 9.17) is 0 Å². The topological polar surface area (TPSA) is 41.1 Å². The van der Waals surface area contributed by atoms with Gasteiger partial charge in [-0.1, -0.05) is 32.9 Å². The van der Waals surface area contributed by atoms with Gasteiger partial charge in [0.1, 0.15) is 0 Å². The van der Waals surface area contributed by atoms with E-state index in [2.05, 4.69) is 10.6 Å². The summed E-state index contributed by atoms with van der Waals surface area (Å²) in [6, 6.07) is 4.76. The number of alkyl halides is 3. The van der Waals surface area contributed by atoms with Crippen LogP contribution in [0.15, 0.2) is 24.3 Å². The normalized spacial score (nSPS) is 19.7.